The molecule has 0 saturated carbocycles. The molecule has 8 nitrogen and oxygen atoms in total. The van der Waals surface area contributed by atoms with E-state index in [0.29, 0.717) is 11.4 Å². The van der Waals surface area contributed by atoms with Gasteiger partial charge < -0.3 is 19.7 Å². The van der Waals surface area contributed by atoms with Crippen molar-refractivity contribution in [3.05, 3.63) is 66.0 Å². The normalized spacial score (nSPS) is 10.4. The Kier molecular flexibility index (Phi) is 4.66. The van der Waals surface area contributed by atoms with Crippen molar-refractivity contribution >= 4 is 17.6 Å². The number of benzene rings is 1. The summed E-state index contributed by atoms with van der Waals surface area (Å²) in [4.78, 5) is 31.1. The summed E-state index contributed by atoms with van der Waals surface area (Å²) in [6.07, 6.45) is 4.41. The van der Waals surface area contributed by atoms with Crippen molar-refractivity contribution in [3.8, 4) is 11.4 Å². The van der Waals surface area contributed by atoms with Crippen LogP contribution in [-0.2, 0) is 0 Å². The van der Waals surface area contributed by atoms with Crippen LogP contribution in [-0.4, -0.2) is 38.6 Å². The number of carboxylic acid groups (broad SMARTS) is 1. The Morgan fingerprint density at radius 1 is 1.15 bits per heavy atom. The van der Waals surface area contributed by atoms with Crippen molar-refractivity contribution in [2.24, 2.45) is 0 Å². The quantitative estimate of drug-likeness (QED) is 0.731. The van der Waals surface area contributed by atoms with Crippen LogP contribution in [0.1, 0.15) is 26.5 Å². The van der Waals surface area contributed by atoms with Gasteiger partial charge in [-0.3, -0.25) is 4.79 Å². The van der Waals surface area contributed by atoms with Gasteiger partial charge in [0.05, 0.1) is 12.8 Å². The highest BCUT2D eigenvalue weighted by atomic mass is 16.5. The van der Waals surface area contributed by atoms with Crippen molar-refractivity contribution in [1.82, 2.24) is 14.5 Å². The van der Waals surface area contributed by atoms with Gasteiger partial charge in [-0.05, 0) is 36.8 Å². The van der Waals surface area contributed by atoms with Crippen LogP contribution in [0, 0.1) is 6.92 Å². The van der Waals surface area contributed by atoms with Gasteiger partial charge in [0, 0.05) is 18.1 Å². The maximum Gasteiger partial charge on any atom is 0.354 e. The highest BCUT2D eigenvalue weighted by Gasteiger charge is 2.14. The zero-order chi connectivity index (χ0) is 18.7. The topological polar surface area (TPSA) is 106 Å². The number of amides is 1. The zero-order valence-corrected chi connectivity index (χ0v) is 14.1. The Balaban J connectivity index is 1.84. The molecule has 0 spiro atoms. The second-order valence-corrected chi connectivity index (χ2v) is 5.53. The maximum atomic E-state index is 12.4. The molecule has 1 aromatic carbocycles. The Hall–Kier alpha value is -3.68. The predicted molar refractivity (Wildman–Crippen MR) is 94.0 cm³/mol. The largest absolute Gasteiger partial charge is 0.495 e. The summed E-state index contributed by atoms with van der Waals surface area (Å²) in [5.41, 5.74) is 2.15. The number of anilines is 1. The molecule has 0 bridgehead atoms. The number of rotatable bonds is 5. The molecule has 3 aromatic rings. The Labute approximate surface area is 149 Å². The van der Waals surface area contributed by atoms with E-state index in [1.54, 1.807) is 17.9 Å². The van der Waals surface area contributed by atoms with Gasteiger partial charge in [-0.1, -0.05) is 6.07 Å². The van der Waals surface area contributed by atoms with Crippen LogP contribution in [0.3, 0.4) is 0 Å². The van der Waals surface area contributed by atoms with Gasteiger partial charge in [-0.25, -0.2) is 14.8 Å². The number of pyridine rings is 1. The molecule has 0 unspecified atom stereocenters. The third kappa shape index (κ3) is 3.54. The highest BCUT2D eigenvalue weighted by molar-refractivity contribution is 6.03. The number of carboxylic acids is 1. The number of aryl methyl sites for hydroxylation is 1. The molecule has 26 heavy (non-hydrogen) atoms. The van der Waals surface area contributed by atoms with Gasteiger partial charge in [0.1, 0.15) is 23.5 Å². The summed E-state index contributed by atoms with van der Waals surface area (Å²) in [5.74, 6) is -0.977. The number of nitrogens with zero attached hydrogens (tertiary/aromatic N) is 3. The number of carbonyl (C=O) groups is 2. The summed E-state index contributed by atoms with van der Waals surface area (Å²) in [5, 5.41) is 11.6. The molecule has 0 radical (unpaired) electrons. The van der Waals surface area contributed by atoms with Crippen LogP contribution in [0.25, 0.3) is 5.69 Å². The van der Waals surface area contributed by atoms with E-state index in [1.165, 1.54) is 24.7 Å². The molecule has 0 aliphatic carbocycles. The van der Waals surface area contributed by atoms with Crippen LogP contribution < -0.4 is 10.1 Å². The summed E-state index contributed by atoms with van der Waals surface area (Å²) < 4.78 is 7.03. The molecule has 2 aromatic heterocycles. The van der Waals surface area contributed by atoms with Crippen LogP contribution in [0.15, 0.2) is 49.1 Å². The molecule has 0 fully saturated rings. The molecule has 132 valence electrons. The molecule has 2 N–H and O–H groups in total. The van der Waals surface area contributed by atoms with Crippen LogP contribution in [0.2, 0.25) is 0 Å². The number of carbonyl (C=O) groups excluding carboxylic acids is 1. The van der Waals surface area contributed by atoms with Crippen LogP contribution in [0.5, 0.6) is 5.75 Å². The summed E-state index contributed by atoms with van der Waals surface area (Å²) in [7, 11) is 1.57. The third-order valence-electron chi connectivity index (χ3n) is 3.66. The number of aromatic carboxylic acids is 1. The monoisotopic (exact) mass is 352 g/mol. The predicted octanol–water partition coefficient (Wildman–Crippen LogP) is 2.53. The van der Waals surface area contributed by atoms with Gasteiger partial charge in [-0.15, -0.1) is 0 Å². The Morgan fingerprint density at radius 2 is 1.96 bits per heavy atom. The molecule has 3 rings (SSSR count). The van der Waals surface area contributed by atoms with Gasteiger partial charge in [0.15, 0.2) is 0 Å². The Morgan fingerprint density at radius 3 is 2.69 bits per heavy atom. The SMILES string of the molecule is COc1ccc(C)cc1-n1cnc(C(=O)Nc2ccnc(C(=O)O)c2)c1. The lowest BCUT2D eigenvalue weighted by molar-refractivity contribution is 0.0690. The van der Waals surface area contributed by atoms with E-state index in [-0.39, 0.29) is 11.4 Å². The molecule has 0 saturated heterocycles. The molecule has 0 aliphatic heterocycles. The van der Waals surface area contributed by atoms with Crippen molar-refractivity contribution in [1.29, 1.82) is 0 Å². The van der Waals surface area contributed by atoms with Crippen molar-refractivity contribution in [2.75, 3.05) is 12.4 Å². The third-order valence-corrected chi connectivity index (χ3v) is 3.66. The fourth-order valence-corrected chi connectivity index (χ4v) is 2.39. The summed E-state index contributed by atoms with van der Waals surface area (Å²) in [6.45, 7) is 1.96. The van der Waals surface area contributed by atoms with E-state index >= 15 is 0 Å². The lowest BCUT2D eigenvalue weighted by atomic mass is 10.2. The fraction of sp³-hybridized carbons (Fsp3) is 0.111. The van der Waals surface area contributed by atoms with Crippen molar-refractivity contribution < 1.29 is 19.4 Å². The number of aromatic nitrogens is 3. The van der Waals surface area contributed by atoms with Gasteiger partial charge in [0.2, 0.25) is 0 Å². The highest BCUT2D eigenvalue weighted by Crippen LogP contribution is 2.24. The number of imidazole rings is 1. The first-order chi connectivity index (χ1) is 12.5. The number of methoxy groups -OCH3 is 1. The molecule has 0 aliphatic rings. The van der Waals surface area contributed by atoms with E-state index in [2.05, 4.69) is 15.3 Å². The number of nitrogens with one attached hydrogen (secondary N) is 1. The molecule has 2 heterocycles. The van der Waals surface area contributed by atoms with Crippen LogP contribution in [0.4, 0.5) is 5.69 Å². The first kappa shape index (κ1) is 17.2. The van der Waals surface area contributed by atoms with Gasteiger partial charge in [-0.2, -0.15) is 0 Å². The zero-order valence-electron chi connectivity index (χ0n) is 14.1. The lowest BCUT2D eigenvalue weighted by Gasteiger charge is -2.09. The minimum Gasteiger partial charge on any atom is -0.495 e. The van der Waals surface area contributed by atoms with Crippen molar-refractivity contribution in [3.63, 3.8) is 0 Å². The summed E-state index contributed by atoms with van der Waals surface area (Å²) in [6, 6.07) is 8.47. The number of ether oxygens (including phenoxy) is 1. The van der Waals surface area contributed by atoms with E-state index in [1.807, 2.05) is 25.1 Å². The van der Waals surface area contributed by atoms with E-state index in [4.69, 9.17) is 9.84 Å². The average molecular weight is 352 g/mol. The average Bonchev–Trinajstić information content (AvgIpc) is 3.12. The second-order valence-electron chi connectivity index (χ2n) is 5.53. The molecule has 1 amide bonds. The Bertz CT molecular complexity index is 981. The first-order valence-corrected chi connectivity index (χ1v) is 7.67. The van der Waals surface area contributed by atoms with Gasteiger partial charge in [0.25, 0.3) is 5.91 Å². The van der Waals surface area contributed by atoms with E-state index < -0.39 is 11.9 Å². The van der Waals surface area contributed by atoms with Gasteiger partial charge >= 0.3 is 5.97 Å². The second kappa shape index (κ2) is 7.06. The number of hydrogen-bond acceptors (Lipinski definition) is 5. The molecule has 0 atom stereocenters. The minimum atomic E-state index is -1.17. The lowest BCUT2D eigenvalue weighted by Crippen LogP contribution is -2.13. The smallest absolute Gasteiger partial charge is 0.354 e. The molecular weight excluding hydrogens is 336 g/mol. The number of hydrogen-bond donors (Lipinski definition) is 2. The summed E-state index contributed by atoms with van der Waals surface area (Å²) >= 11 is 0. The van der Waals surface area contributed by atoms with E-state index in [0.717, 1.165) is 11.3 Å². The maximum absolute atomic E-state index is 12.4. The molecule has 8 heteroatoms. The van der Waals surface area contributed by atoms with Crippen molar-refractivity contribution in [2.45, 2.75) is 6.92 Å². The minimum absolute atomic E-state index is 0.155. The molecular formula is C18H16N4O4. The van der Waals surface area contributed by atoms with Crippen LogP contribution >= 0.6 is 0 Å². The standard InChI is InChI=1S/C18H16N4O4/c1-11-3-4-16(26-2)15(7-11)22-9-14(20-10-22)17(23)21-12-5-6-19-13(8-12)18(24)25/h3-10H,1-2H3,(H,24,25)(H,19,21,23). The van der Waals surface area contributed by atoms with E-state index in [9.17, 15) is 9.59 Å². The fourth-order valence-electron chi connectivity index (χ4n) is 2.39. The first-order valence-electron chi connectivity index (χ1n) is 7.67.